The van der Waals surface area contributed by atoms with Crippen LogP contribution in [0.15, 0.2) is 36.9 Å². The zero-order chi connectivity index (χ0) is 15.6. The van der Waals surface area contributed by atoms with Crippen LogP contribution in [0.3, 0.4) is 0 Å². The van der Waals surface area contributed by atoms with Gasteiger partial charge >= 0.3 is 0 Å². The van der Waals surface area contributed by atoms with E-state index in [0.29, 0.717) is 13.0 Å². The molecule has 22 heavy (non-hydrogen) atoms. The first-order valence-electron chi connectivity index (χ1n) is 7.70. The summed E-state index contributed by atoms with van der Waals surface area (Å²) in [4.78, 5) is 15.7. The van der Waals surface area contributed by atoms with Crippen LogP contribution in [0.2, 0.25) is 0 Å². The maximum atomic E-state index is 11.7. The maximum Gasteiger partial charge on any atom is 0.220 e. The molecular weight excluding hydrogens is 278 g/mol. The van der Waals surface area contributed by atoms with E-state index < -0.39 is 0 Å². The van der Waals surface area contributed by atoms with Gasteiger partial charge in [-0.25, -0.2) is 9.67 Å². The zero-order valence-corrected chi connectivity index (χ0v) is 12.7. The van der Waals surface area contributed by atoms with E-state index in [4.69, 9.17) is 5.73 Å². The van der Waals surface area contributed by atoms with Gasteiger partial charge in [0.15, 0.2) is 0 Å². The minimum absolute atomic E-state index is 0.105. The van der Waals surface area contributed by atoms with E-state index in [0.717, 1.165) is 43.5 Å². The van der Waals surface area contributed by atoms with E-state index in [1.54, 1.807) is 11.0 Å². The van der Waals surface area contributed by atoms with Crippen molar-refractivity contribution in [1.29, 1.82) is 0 Å². The van der Waals surface area contributed by atoms with E-state index in [1.807, 2.05) is 24.3 Å². The number of carbonyl (C=O) groups excluding carboxylic acids is 1. The Bertz CT molecular complexity index is 550. The summed E-state index contributed by atoms with van der Waals surface area (Å²) < 4.78 is 1.70. The molecule has 0 fully saturated rings. The lowest BCUT2D eigenvalue weighted by atomic mass is 10.1. The first-order valence-corrected chi connectivity index (χ1v) is 7.70. The Morgan fingerprint density at radius 1 is 1.14 bits per heavy atom. The predicted molar refractivity (Wildman–Crippen MR) is 85.3 cm³/mol. The number of rotatable bonds is 9. The topological polar surface area (TPSA) is 85.8 Å². The minimum Gasteiger partial charge on any atom is -0.352 e. The van der Waals surface area contributed by atoms with Crippen LogP contribution in [0, 0.1) is 0 Å². The Hall–Kier alpha value is -2.21. The highest BCUT2D eigenvalue weighted by Crippen LogP contribution is 2.08. The molecule has 118 valence electrons. The van der Waals surface area contributed by atoms with E-state index in [9.17, 15) is 4.79 Å². The van der Waals surface area contributed by atoms with Gasteiger partial charge in [-0.3, -0.25) is 4.79 Å². The van der Waals surface area contributed by atoms with Gasteiger partial charge in [0, 0.05) is 13.0 Å². The molecule has 0 bridgehead atoms. The average Bonchev–Trinajstić information content (AvgIpc) is 3.08. The molecule has 2 rings (SSSR count). The predicted octanol–water partition coefficient (Wildman–Crippen LogP) is 1.79. The van der Waals surface area contributed by atoms with E-state index in [1.165, 1.54) is 6.33 Å². The van der Waals surface area contributed by atoms with Crippen LogP contribution in [0.4, 0.5) is 0 Å². The summed E-state index contributed by atoms with van der Waals surface area (Å²) in [5, 5.41) is 7.02. The van der Waals surface area contributed by atoms with Crippen LogP contribution in [-0.2, 0) is 11.3 Å². The van der Waals surface area contributed by atoms with Crippen LogP contribution in [0.25, 0.3) is 5.69 Å². The fraction of sp³-hybridized carbons (Fsp3) is 0.438. The number of carbonyl (C=O) groups is 1. The van der Waals surface area contributed by atoms with Gasteiger partial charge in [-0.15, -0.1) is 0 Å². The molecule has 0 saturated heterocycles. The molecule has 1 aromatic carbocycles. The Labute approximate surface area is 130 Å². The van der Waals surface area contributed by atoms with Crippen molar-refractivity contribution in [3.8, 4) is 5.69 Å². The third kappa shape index (κ3) is 5.29. The second kappa shape index (κ2) is 8.94. The highest BCUT2D eigenvalue weighted by Gasteiger charge is 2.02. The second-order valence-electron chi connectivity index (χ2n) is 5.24. The number of aromatic nitrogens is 3. The molecule has 3 N–H and O–H groups in total. The largest absolute Gasteiger partial charge is 0.352 e. The second-order valence-corrected chi connectivity index (χ2v) is 5.24. The molecule has 0 aliphatic carbocycles. The van der Waals surface area contributed by atoms with Crippen LogP contribution in [0.5, 0.6) is 0 Å². The number of hydrogen-bond acceptors (Lipinski definition) is 4. The van der Waals surface area contributed by atoms with Crippen molar-refractivity contribution < 1.29 is 4.79 Å². The van der Waals surface area contributed by atoms with Crippen LogP contribution in [0.1, 0.15) is 37.7 Å². The lowest BCUT2D eigenvalue weighted by Crippen LogP contribution is -2.22. The Balaban J connectivity index is 1.69. The molecule has 0 atom stereocenters. The standard InChI is InChI=1S/C16H23N5O/c17-10-4-2-1-3-5-16(22)19-11-14-6-8-15(9-7-14)21-13-18-12-20-21/h6-9,12-13H,1-5,10-11,17H2,(H,19,22). The monoisotopic (exact) mass is 301 g/mol. The number of nitrogens with two attached hydrogens (primary N) is 1. The molecule has 1 aromatic heterocycles. The van der Waals surface area contributed by atoms with Gasteiger partial charge in [0.05, 0.1) is 5.69 Å². The van der Waals surface area contributed by atoms with Gasteiger partial charge in [-0.2, -0.15) is 5.10 Å². The minimum atomic E-state index is 0.105. The molecule has 1 heterocycles. The molecule has 1 amide bonds. The summed E-state index contributed by atoms with van der Waals surface area (Å²) in [5.74, 6) is 0.105. The van der Waals surface area contributed by atoms with Crippen molar-refractivity contribution in [2.75, 3.05) is 6.54 Å². The first-order chi connectivity index (χ1) is 10.8. The van der Waals surface area contributed by atoms with E-state index in [-0.39, 0.29) is 5.91 Å². The summed E-state index contributed by atoms with van der Waals surface area (Å²) in [7, 11) is 0. The summed E-state index contributed by atoms with van der Waals surface area (Å²) in [6.07, 6.45) is 7.88. The van der Waals surface area contributed by atoms with Crippen LogP contribution in [-0.4, -0.2) is 27.2 Å². The van der Waals surface area contributed by atoms with Crippen molar-refractivity contribution in [3.05, 3.63) is 42.5 Å². The molecular formula is C16H23N5O. The fourth-order valence-corrected chi connectivity index (χ4v) is 2.18. The van der Waals surface area contributed by atoms with Crippen molar-refractivity contribution in [1.82, 2.24) is 20.1 Å². The lowest BCUT2D eigenvalue weighted by molar-refractivity contribution is -0.121. The van der Waals surface area contributed by atoms with E-state index >= 15 is 0 Å². The number of benzene rings is 1. The molecule has 0 aliphatic heterocycles. The fourth-order valence-electron chi connectivity index (χ4n) is 2.18. The number of nitrogens with one attached hydrogen (secondary N) is 1. The van der Waals surface area contributed by atoms with Crippen molar-refractivity contribution in [2.45, 2.75) is 38.6 Å². The van der Waals surface area contributed by atoms with Crippen LogP contribution < -0.4 is 11.1 Å². The van der Waals surface area contributed by atoms with Crippen molar-refractivity contribution in [2.24, 2.45) is 5.73 Å². The summed E-state index contributed by atoms with van der Waals surface area (Å²) in [6, 6.07) is 7.89. The Kier molecular flexibility index (Phi) is 6.57. The molecule has 0 saturated carbocycles. The molecule has 0 aliphatic rings. The van der Waals surface area contributed by atoms with Gasteiger partial charge in [-0.05, 0) is 37.1 Å². The Morgan fingerprint density at radius 3 is 2.59 bits per heavy atom. The number of amides is 1. The maximum absolute atomic E-state index is 11.7. The normalized spacial score (nSPS) is 10.6. The highest BCUT2D eigenvalue weighted by molar-refractivity contribution is 5.75. The molecule has 6 nitrogen and oxygen atoms in total. The smallest absolute Gasteiger partial charge is 0.220 e. The van der Waals surface area contributed by atoms with Gasteiger partial charge in [0.2, 0.25) is 5.91 Å². The SMILES string of the molecule is NCCCCCCC(=O)NCc1ccc(-n2cncn2)cc1. The number of unbranched alkanes of at least 4 members (excludes halogenated alkanes) is 3. The average molecular weight is 301 g/mol. The van der Waals surface area contributed by atoms with Crippen LogP contribution >= 0.6 is 0 Å². The van der Waals surface area contributed by atoms with Gasteiger partial charge in [0.1, 0.15) is 12.7 Å². The van der Waals surface area contributed by atoms with Crippen molar-refractivity contribution >= 4 is 5.91 Å². The quantitative estimate of drug-likeness (QED) is 0.691. The molecule has 6 heteroatoms. The van der Waals surface area contributed by atoms with Gasteiger partial charge < -0.3 is 11.1 Å². The van der Waals surface area contributed by atoms with Crippen molar-refractivity contribution in [3.63, 3.8) is 0 Å². The summed E-state index contributed by atoms with van der Waals surface area (Å²) >= 11 is 0. The zero-order valence-electron chi connectivity index (χ0n) is 12.7. The van der Waals surface area contributed by atoms with Gasteiger partial charge in [0.25, 0.3) is 0 Å². The lowest BCUT2D eigenvalue weighted by Gasteiger charge is -2.06. The molecule has 0 radical (unpaired) electrons. The number of hydrogen-bond donors (Lipinski definition) is 2. The molecule has 2 aromatic rings. The first kappa shape index (κ1) is 16.2. The number of nitrogens with zero attached hydrogens (tertiary/aromatic N) is 3. The summed E-state index contributed by atoms with van der Waals surface area (Å²) in [6.45, 7) is 1.29. The third-order valence-corrected chi connectivity index (χ3v) is 3.47. The molecule has 0 spiro atoms. The highest BCUT2D eigenvalue weighted by atomic mass is 16.1. The van der Waals surface area contributed by atoms with Gasteiger partial charge in [-0.1, -0.05) is 25.0 Å². The molecule has 0 unspecified atom stereocenters. The van der Waals surface area contributed by atoms with E-state index in [2.05, 4.69) is 15.4 Å². The Morgan fingerprint density at radius 2 is 1.91 bits per heavy atom. The summed E-state index contributed by atoms with van der Waals surface area (Å²) in [5.41, 5.74) is 7.46. The third-order valence-electron chi connectivity index (χ3n) is 3.47.